The van der Waals surface area contributed by atoms with E-state index in [1.54, 1.807) is 0 Å². The molecule has 1 heterocycles. The lowest BCUT2D eigenvalue weighted by molar-refractivity contribution is 0.659. The molecule has 0 aliphatic rings. The van der Waals surface area contributed by atoms with E-state index in [4.69, 9.17) is 12.2 Å². The standard InChI is InChI=1S/C20H22N4S/c1-14-6-4-5-7-19(14)22-20(25)21-18-10-8-17(9-11-18)13-24-16(3)12-15(2)23-24/h4-12H,13H2,1-3H3,(H2,21,22,25). The van der Waals surface area contributed by atoms with E-state index in [-0.39, 0.29) is 0 Å². The van der Waals surface area contributed by atoms with Crippen molar-refractivity contribution in [3.63, 3.8) is 0 Å². The van der Waals surface area contributed by atoms with E-state index in [0.29, 0.717) is 5.11 Å². The summed E-state index contributed by atoms with van der Waals surface area (Å²) in [4.78, 5) is 0. The van der Waals surface area contributed by atoms with Gasteiger partial charge in [-0.25, -0.2) is 0 Å². The van der Waals surface area contributed by atoms with Gasteiger partial charge in [0.2, 0.25) is 0 Å². The Morgan fingerprint density at radius 1 is 1.00 bits per heavy atom. The highest BCUT2D eigenvalue weighted by Gasteiger charge is 2.04. The van der Waals surface area contributed by atoms with Crippen LogP contribution in [-0.2, 0) is 6.54 Å². The molecule has 0 amide bonds. The molecule has 0 saturated heterocycles. The number of thiocarbonyl (C=S) groups is 1. The van der Waals surface area contributed by atoms with Crippen molar-refractivity contribution in [1.29, 1.82) is 0 Å². The summed E-state index contributed by atoms with van der Waals surface area (Å²) in [5.74, 6) is 0. The van der Waals surface area contributed by atoms with Crippen molar-refractivity contribution in [1.82, 2.24) is 9.78 Å². The van der Waals surface area contributed by atoms with Crippen molar-refractivity contribution in [3.05, 3.63) is 77.1 Å². The number of nitrogens with one attached hydrogen (secondary N) is 2. The number of aryl methyl sites for hydroxylation is 3. The largest absolute Gasteiger partial charge is 0.332 e. The van der Waals surface area contributed by atoms with Gasteiger partial charge in [-0.15, -0.1) is 0 Å². The molecule has 0 bridgehead atoms. The molecule has 3 rings (SSSR count). The minimum Gasteiger partial charge on any atom is -0.332 e. The van der Waals surface area contributed by atoms with Gasteiger partial charge in [0.05, 0.1) is 12.2 Å². The molecule has 128 valence electrons. The number of para-hydroxylation sites is 1. The van der Waals surface area contributed by atoms with Crippen molar-refractivity contribution < 1.29 is 0 Å². The first-order chi connectivity index (χ1) is 12.0. The SMILES string of the molecule is Cc1cc(C)n(Cc2ccc(NC(=S)Nc3ccccc3C)cc2)n1. The van der Waals surface area contributed by atoms with Gasteiger partial charge in [0.15, 0.2) is 5.11 Å². The Hall–Kier alpha value is -2.66. The number of benzene rings is 2. The van der Waals surface area contributed by atoms with E-state index in [1.807, 2.05) is 41.9 Å². The highest BCUT2D eigenvalue weighted by molar-refractivity contribution is 7.80. The van der Waals surface area contributed by atoms with Gasteiger partial charge in [0.25, 0.3) is 0 Å². The van der Waals surface area contributed by atoms with Crippen molar-refractivity contribution in [3.8, 4) is 0 Å². The predicted molar refractivity (Wildman–Crippen MR) is 108 cm³/mol. The number of aromatic nitrogens is 2. The normalized spacial score (nSPS) is 10.5. The summed E-state index contributed by atoms with van der Waals surface area (Å²) in [6.45, 7) is 6.91. The average molecular weight is 350 g/mol. The molecule has 0 unspecified atom stereocenters. The third-order valence-electron chi connectivity index (χ3n) is 4.04. The molecule has 0 spiro atoms. The Morgan fingerprint density at radius 2 is 1.72 bits per heavy atom. The van der Waals surface area contributed by atoms with Crippen LogP contribution >= 0.6 is 12.2 Å². The molecule has 5 heteroatoms. The van der Waals surface area contributed by atoms with Crippen LogP contribution in [0.15, 0.2) is 54.6 Å². The Bertz CT molecular complexity index is 881. The fraction of sp³-hybridized carbons (Fsp3) is 0.200. The molecule has 0 fully saturated rings. The molecular formula is C20H22N4S. The third-order valence-corrected chi connectivity index (χ3v) is 4.24. The van der Waals surface area contributed by atoms with E-state index in [9.17, 15) is 0 Å². The molecule has 3 aromatic rings. The van der Waals surface area contributed by atoms with Gasteiger partial charge < -0.3 is 10.6 Å². The lowest BCUT2D eigenvalue weighted by Crippen LogP contribution is -2.19. The minimum absolute atomic E-state index is 0.584. The third kappa shape index (κ3) is 4.45. The maximum atomic E-state index is 5.40. The monoisotopic (exact) mass is 350 g/mol. The van der Waals surface area contributed by atoms with Crippen molar-refractivity contribution >= 4 is 28.7 Å². The van der Waals surface area contributed by atoms with Gasteiger partial charge in [-0.1, -0.05) is 30.3 Å². The van der Waals surface area contributed by atoms with E-state index >= 15 is 0 Å². The van der Waals surface area contributed by atoms with Crippen LogP contribution in [0.5, 0.6) is 0 Å². The molecule has 1 aromatic heterocycles. The van der Waals surface area contributed by atoms with Crippen LogP contribution in [0.1, 0.15) is 22.5 Å². The molecule has 0 radical (unpaired) electrons. The summed E-state index contributed by atoms with van der Waals surface area (Å²) in [5.41, 5.74) is 6.55. The van der Waals surface area contributed by atoms with Crippen LogP contribution < -0.4 is 10.6 Å². The van der Waals surface area contributed by atoms with Gasteiger partial charge in [-0.3, -0.25) is 4.68 Å². The van der Waals surface area contributed by atoms with Crippen molar-refractivity contribution in [2.75, 3.05) is 10.6 Å². The Morgan fingerprint density at radius 3 is 2.36 bits per heavy atom. The second-order valence-corrected chi connectivity index (χ2v) is 6.58. The van der Waals surface area contributed by atoms with Crippen LogP contribution in [0, 0.1) is 20.8 Å². The first-order valence-corrected chi connectivity index (χ1v) is 8.66. The fourth-order valence-electron chi connectivity index (χ4n) is 2.70. The summed E-state index contributed by atoms with van der Waals surface area (Å²) in [5, 5.41) is 11.5. The van der Waals surface area contributed by atoms with Gasteiger partial charge in [0, 0.05) is 17.1 Å². The van der Waals surface area contributed by atoms with E-state index < -0.39 is 0 Å². The molecule has 4 nitrogen and oxygen atoms in total. The maximum absolute atomic E-state index is 5.40. The van der Waals surface area contributed by atoms with Gasteiger partial charge in [-0.05, 0) is 68.4 Å². The van der Waals surface area contributed by atoms with Crippen LogP contribution in [0.2, 0.25) is 0 Å². The van der Waals surface area contributed by atoms with Crippen LogP contribution in [-0.4, -0.2) is 14.9 Å². The maximum Gasteiger partial charge on any atom is 0.175 e. The molecule has 0 aliphatic carbocycles. The predicted octanol–water partition coefficient (Wildman–Crippen LogP) is 4.67. The van der Waals surface area contributed by atoms with Crippen LogP contribution in [0.25, 0.3) is 0 Å². The number of nitrogens with zero attached hydrogens (tertiary/aromatic N) is 2. The van der Waals surface area contributed by atoms with Gasteiger partial charge in [0.1, 0.15) is 0 Å². The first-order valence-electron chi connectivity index (χ1n) is 8.25. The first kappa shape index (κ1) is 17.2. The Labute approximate surface area is 153 Å². The molecular weight excluding hydrogens is 328 g/mol. The van der Waals surface area contributed by atoms with E-state index in [0.717, 1.165) is 29.2 Å². The summed E-state index contributed by atoms with van der Waals surface area (Å²) in [6, 6.07) is 18.4. The lowest BCUT2D eigenvalue weighted by Gasteiger charge is -2.13. The van der Waals surface area contributed by atoms with Crippen molar-refractivity contribution in [2.45, 2.75) is 27.3 Å². The molecule has 0 atom stereocenters. The molecule has 2 N–H and O–H groups in total. The number of hydrogen-bond donors (Lipinski definition) is 2. The molecule has 2 aromatic carbocycles. The number of anilines is 2. The smallest absolute Gasteiger partial charge is 0.175 e. The highest BCUT2D eigenvalue weighted by atomic mass is 32.1. The second-order valence-electron chi connectivity index (χ2n) is 6.18. The summed E-state index contributed by atoms with van der Waals surface area (Å²) < 4.78 is 2.02. The summed E-state index contributed by atoms with van der Waals surface area (Å²) in [6.07, 6.45) is 0. The fourth-order valence-corrected chi connectivity index (χ4v) is 2.93. The summed E-state index contributed by atoms with van der Waals surface area (Å²) in [7, 11) is 0. The Balaban J connectivity index is 1.61. The van der Waals surface area contributed by atoms with Gasteiger partial charge in [-0.2, -0.15) is 5.10 Å². The highest BCUT2D eigenvalue weighted by Crippen LogP contribution is 2.15. The second kappa shape index (κ2) is 7.49. The number of rotatable bonds is 4. The van der Waals surface area contributed by atoms with Gasteiger partial charge >= 0.3 is 0 Å². The van der Waals surface area contributed by atoms with Crippen molar-refractivity contribution in [2.24, 2.45) is 0 Å². The molecule has 0 aliphatic heterocycles. The van der Waals surface area contributed by atoms with Crippen LogP contribution in [0.3, 0.4) is 0 Å². The lowest BCUT2D eigenvalue weighted by atomic mass is 10.2. The zero-order valence-corrected chi connectivity index (χ0v) is 15.5. The zero-order valence-electron chi connectivity index (χ0n) is 14.7. The minimum atomic E-state index is 0.584. The Kier molecular flexibility index (Phi) is 5.14. The topological polar surface area (TPSA) is 41.9 Å². The average Bonchev–Trinajstić information content (AvgIpc) is 2.89. The molecule has 0 saturated carbocycles. The number of hydrogen-bond acceptors (Lipinski definition) is 2. The van der Waals surface area contributed by atoms with E-state index in [1.165, 1.54) is 11.3 Å². The molecule has 25 heavy (non-hydrogen) atoms. The van der Waals surface area contributed by atoms with E-state index in [2.05, 4.69) is 53.8 Å². The summed E-state index contributed by atoms with van der Waals surface area (Å²) >= 11 is 5.40. The van der Waals surface area contributed by atoms with Crippen LogP contribution in [0.4, 0.5) is 11.4 Å². The zero-order chi connectivity index (χ0) is 17.8. The quantitative estimate of drug-likeness (QED) is 0.671.